The first kappa shape index (κ1) is 17.6. The molecule has 2 atom stereocenters. The average Bonchev–Trinajstić information content (AvgIpc) is 3.38. The molecule has 5 heteroatoms. The van der Waals surface area contributed by atoms with E-state index in [0.717, 1.165) is 29.3 Å². The smallest absolute Gasteiger partial charge is 0.253 e. The summed E-state index contributed by atoms with van der Waals surface area (Å²) in [6.45, 7) is 0.516. The van der Waals surface area contributed by atoms with E-state index >= 15 is 0 Å². The van der Waals surface area contributed by atoms with Gasteiger partial charge < -0.3 is 4.42 Å². The van der Waals surface area contributed by atoms with Crippen molar-refractivity contribution in [3.63, 3.8) is 0 Å². The zero-order chi connectivity index (χ0) is 19.6. The molecule has 5 rings (SSSR count). The molecule has 0 saturated carbocycles. The number of benzene rings is 2. The predicted octanol–water partition coefficient (Wildman–Crippen LogP) is 1.63. The Balaban J connectivity index is 1.49. The fraction of sp³-hybridized carbons (Fsp3) is 0.208. The maximum absolute atomic E-state index is 13.2. The van der Waals surface area contributed by atoms with Crippen molar-refractivity contribution in [3.8, 4) is 0 Å². The van der Waals surface area contributed by atoms with Crippen LogP contribution in [0.25, 0.3) is 0 Å². The third-order valence-corrected chi connectivity index (χ3v) is 5.47. The van der Waals surface area contributed by atoms with Crippen molar-refractivity contribution in [2.24, 2.45) is 4.99 Å². The van der Waals surface area contributed by atoms with Crippen LogP contribution < -0.4 is 4.99 Å². The Morgan fingerprint density at radius 1 is 0.966 bits per heavy atom. The molecule has 2 aliphatic heterocycles. The number of carbonyl (C=O) groups is 1. The lowest BCUT2D eigenvalue weighted by molar-refractivity contribution is -0.486. The van der Waals surface area contributed by atoms with E-state index in [2.05, 4.69) is 29.3 Å². The lowest BCUT2D eigenvalue weighted by Crippen LogP contribution is -2.88. The molecule has 1 N–H and O–H groups in total. The van der Waals surface area contributed by atoms with Crippen LogP contribution in [0.4, 0.5) is 0 Å². The molecule has 5 nitrogen and oxygen atoms in total. The fourth-order valence-electron chi connectivity index (χ4n) is 4.05. The summed E-state index contributed by atoms with van der Waals surface area (Å²) in [6, 6.07) is 23.8. The average molecular weight is 384 g/mol. The van der Waals surface area contributed by atoms with Crippen molar-refractivity contribution in [1.29, 1.82) is 0 Å². The van der Waals surface area contributed by atoms with Crippen LogP contribution in [-0.4, -0.2) is 41.0 Å². The molecule has 0 radical (unpaired) electrons. The molecule has 0 aliphatic carbocycles. The molecule has 2 unspecified atom stereocenters. The third kappa shape index (κ3) is 3.51. The lowest BCUT2D eigenvalue weighted by atomic mass is 10.0. The van der Waals surface area contributed by atoms with Crippen LogP contribution in [0.1, 0.15) is 16.9 Å². The third-order valence-electron chi connectivity index (χ3n) is 5.47. The minimum Gasteiger partial charge on any atom is -0.469 e. The van der Waals surface area contributed by atoms with Crippen molar-refractivity contribution in [1.82, 2.24) is 4.90 Å². The van der Waals surface area contributed by atoms with Crippen LogP contribution in [0.3, 0.4) is 0 Å². The van der Waals surface area contributed by atoms with E-state index < -0.39 is 6.04 Å². The quantitative estimate of drug-likeness (QED) is 0.727. The van der Waals surface area contributed by atoms with Crippen LogP contribution >= 0.6 is 0 Å². The lowest BCUT2D eigenvalue weighted by Gasteiger charge is -2.25. The largest absolute Gasteiger partial charge is 0.469 e. The maximum atomic E-state index is 13.2. The van der Waals surface area contributed by atoms with Gasteiger partial charge in [-0.1, -0.05) is 48.5 Å². The number of carbonyl (C=O) groups excluding carboxylic acids is 1. The molecule has 0 saturated heterocycles. The van der Waals surface area contributed by atoms with Gasteiger partial charge in [0.1, 0.15) is 18.3 Å². The highest BCUT2D eigenvalue weighted by Gasteiger charge is 2.44. The normalized spacial score (nSPS) is 21.0. The number of hydrogen-bond donors (Lipinski definition) is 1. The Labute approximate surface area is 169 Å². The van der Waals surface area contributed by atoms with E-state index in [9.17, 15) is 4.79 Å². The van der Waals surface area contributed by atoms with Gasteiger partial charge in [0, 0.05) is 18.4 Å². The van der Waals surface area contributed by atoms with Gasteiger partial charge in [0.2, 0.25) is 11.8 Å². The molecule has 2 aromatic carbocycles. The number of nitrogens with zero attached hydrogens (tertiary/aromatic N) is 2. The van der Waals surface area contributed by atoms with Gasteiger partial charge in [-0.3, -0.25) is 14.7 Å². The summed E-state index contributed by atoms with van der Waals surface area (Å²) in [4.78, 5) is 23.5. The van der Waals surface area contributed by atoms with Crippen molar-refractivity contribution in [2.75, 3.05) is 6.54 Å². The SMILES string of the molecule is O=C1C(Cc2ccco2)N=C2C(Cc3ccccc3)[NH+]=C(c3ccccc3)CN12. The van der Waals surface area contributed by atoms with E-state index in [1.54, 1.807) is 6.26 Å². The molecule has 3 heterocycles. The number of nitrogens with one attached hydrogen (secondary N) is 1. The number of rotatable bonds is 5. The van der Waals surface area contributed by atoms with Gasteiger partial charge in [0.15, 0.2) is 5.84 Å². The van der Waals surface area contributed by atoms with Crippen molar-refractivity contribution in [3.05, 3.63) is 95.9 Å². The molecule has 29 heavy (non-hydrogen) atoms. The highest BCUT2D eigenvalue weighted by Crippen LogP contribution is 2.20. The predicted molar refractivity (Wildman–Crippen MR) is 111 cm³/mol. The highest BCUT2D eigenvalue weighted by atomic mass is 16.3. The Morgan fingerprint density at radius 2 is 1.72 bits per heavy atom. The first-order valence-electron chi connectivity index (χ1n) is 9.91. The van der Waals surface area contributed by atoms with Gasteiger partial charge in [-0.15, -0.1) is 0 Å². The summed E-state index contributed by atoms with van der Waals surface area (Å²) in [6.07, 6.45) is 2.90. The number of amides is 1. The number of furan rings is 1. The minimum atomic E-state index is -0.425. The monoisotopic (exact) mass is 384 g/mol. The highest BCUT2D eigenvalue weighted by molar-refractivity contribution is 6.13. The topological polar surface area (TPSA) is 59.8 Å². The van der Waals surface area contributed by atoms with E-state index in [4.69, 9.17) is 9.41 Å². The second kappa shape index (κ2) is 7.51. The summed E-state index contributed by atoms with van der Waals surface area (Å²) in [5.74, 6) is 1.66. The van der Waals surface area contributed by atoms with Gasteiger partial charge in [-0.25, -0.2) is 4.99 Å². The standard InChI is InChI=1S/C24H21N3O2/c28-24-21(15-19-12-7-13-29-19)26-23-20(14-17-8-3-1-4-9-17)25-22(16-27(23)24)18-10-5-2-6-11-18/h1-13,20-21H,14-16H2/p+1. The molecule has 1 amide bonds. The molecule has 3 aromatic rings. The van der Waals surface area contributed by atoms with Crippen LogP contribution in [0.2, 0.25) is 0 Å². The van der Waals surface area contributed by atoms with Crippen LogP contribution in [0.15, 0.2) is 88.5 Å². The minimum absolute atomic E-state index is 0.0457. The number of amidine groups is 1. The van der Waals surface area contributed by atoms with Gasteiger partial charge >= 0.3 is 0 Å². The molecular weight excluding hydrogens is 362 g/mol. The molecule has 2 aliphatic rings. The van der Waals surface area contributed by atoms with Crippen molar-refractivity contribution in [2.45, 2.75) is 24.9 Å². The summed E-state index contributed by atoms with van der Waals surface area (Å²) in [5.41, 5.74) is 3.37. The first-order valence-corrected chi connectivity index (χ1v) is 9.91. The van der Waals surface area contributed by atoms with Crippen LogP contribution in [0, 0.1) is 0 Å². The zero-order valence-electron chi connectivity index (χ0n) is 16.0. The van der Waals surface area contributed by atoms with Crippen molar-refractivity contribution >= 4 is 17.5 Å². The number of fused-ring (bicyclic) bond motifs is 1. The maximum Gasteiger partial charge on any atom is 0.253 e. The van der Waals surface area contributed by atoms with E-state index in [-0.39, 0.29) is 11.9 Å². The fourth-order valence-corrected chi connectivity index (χ4v) is 4.05. The van der Waals surface area contributed by atoms with Gasteiger partial charge in [0.05, 0.1) is 6.26 Å². The Hall–Kier alpha value is -3.47. The summed E-state index contributed by atoms with van der Waals surface area (Å²) in [7, 11) is 0. The Kier molecular flexibility index (Phi) is 4.56. The Bertz CT molecular complexity index is 1060. The number of aliphatic imine (C=N–C) groups is 1. The summed E-state index contributed by atoms with van der Waals surface area (Å²) >= 11 is 0. The molecule has 0 fully saturated rings. The van der Waals surface area contributed by atoms with E-state index in [0.29, 0.717) is 13.0 Å². The molecular formula is C24H22N3O2+. The second-order valence-electron chi connectivity index (χ2n) is 7.44. The van der Waals surface area contributed by atoms with Gasteiger partial charge in [0.25, 0.3) is 5.91 Å². The second-order valence-corrected chi connectivity index (χ2v) is 7.44. The summed E-state index contributed by atoms with van der Waals surface area (Å²) < 4.78 is 5.45. The van der Waals surface area contributed by atoms with Crippen LogP contribution in [0.5, 0.6) is 0 Å². The summed E-state index contributed by atoms with van der Waals surface area (Å²) in [5, 5.41) is 0. The van der Waals surface area contributed by atoms with E-state index in [1.807, 2.05) is 53.4 Å². The van der Waals surface area contributed by atoms with Crippen molar-refractivity contribution < 1.29 is 14.2 Å². The first-order chi connectivity index (χ1) is 14.3. The molecule has 0 spiro atoms. The molecule has 0 bridgehead atoms. The number of hydrogen-bond acceptors (Lipinski definition) is 3. The van der Waals surface area contributed by atoms with Crippen LogP contribution in [-0.2, 0) is 17.6 Å². The Morgan fingerprint density at radius 3 is 2.45 bits per heavy atom. The van der Waals surface area contributed by atoms with Gasteiger partial charge in [-0.2, -0.15) is 0 Å². The van der Waals surface area contributed by atoms with E-state index in [1.165, 1.54) is 5.56 Å². The molecule has 1 aromatic heterocycles. The molecule has 144 valence electrons. The van der Waals surface area contributed by atoms with Gasteiger partial charge in [-0.05, 0) is 29.8 Å². The zero-order valence-corrected chi connectivity index (χ0v) is 16.0.